The summed E-state index contributed by atoms with van der Waals surface area (Å²) in [6.45, 7) is 5.11. The number of hydrogen-bond donors (Lipinski definition) is 1. The molecule has 1 amide bonds. The van der Waals surface area contributed by atoms with E-state index in [0.29, 0.717) is 13.1 Å². The number of piperidine rings is 1. The quantitative estimate of drug-likeness (QED) is 0.667. The van der Waals surface area contributed by atoms with Crippen molar-refractivity contribution in [3.8, 4) is 0 Å². The van der Waals surface area contributed by atoms with Crippen LogP contribution in [0.1, 0.15) is 29.5 Å². The smallest absolute Gasteiger partial charge is 0.223 e. The number of benzene rings is 2. The summed E-state index contributed by atoms with van der Waals surface area (Å²) < 4.78 is 13.8. The number of rotatable bonds is 8. The Hall–Kier alpha value is -1.85. The summed E-state index contributed by atoms with van der Waals surface area (Å²) in [7, 11) is 0. The summed E-state index contributed by atoms with van der Waals surface area (Å²) in [4.78, 5) is 14.6. The maximum atomic E-state index is 13.8. The van der Waals surface area contributed by atoms with Crippen LogP contribution < -0.4 is 5.32 Å². The van der Waals surface area contributed by atoms with Gasteiger partial charge in [-0.15, -0.1) is 0 Å². The number of nitrogens with zero attached hydrogens (tertiary/aromatic N) is 1. The minimum Gasteiger partial charge on any atom is -0.355 e. The molecule has 5 heteroatoms. The predicted molar refractivity (Wildman–Crippen MR) is 115 cm³/mol. The van der Waals surface area contributed by atoms with Crippen LogP contribution in [0, 0.1) is 18.7 Å². The van der Waals surface area contributed by atoms with Gasteiger partial charge in [0.2, 0.25) is 5.91 Å². The van der Waals surface area contributed by atoms with Crippen LogP contribution in [0.2, 0.25) is 0 Å². The Morgan fingerprint density at radius 1 is 1.14 bits per heavy atom. The molecule has 1 aliphatic heterocycles. The third-order valence-corrected chi connectivity index (χ3v) is 6.28. The van der Waals surface area contributed by atoms with Gasteiger partial charge in [0.15, 0.2) is 0 Å². The van der Waals surface area contributed by atoms with Crippen LogP contribution in [-0.4, -0.2) is 36.2 Å². The molecular formula is C23H29FN2OS. The summed E-state index contributed by atoms with van der Waals surface area (Å²) in [5.41, 5.74) is 3.33. The minimum atomic E-state index is -0.148. The average molecular weight is 401 g/mol. The molecule has 1 heterocycles. The highest BCUT2D eigenvalue weighted by molar-refractivity contribution is 7.98. The molecule has 0 aliphatic carbocycles. The molecule has 1 saturated heterocycles. The van der Waals surface area contributed by atoms with Gasteiger partial charge in [-0.2, -0.15) is 11.8 Å². The van der Waals surface area contributed by atoms with Gasteiger partial charge in [0.05, 0.1) is 0 Å². The molecule has 0 spiro atoms. The molecule has 0 aromatic heterocycles. The maximum Gasteiger partial charge on any atom is 0.223 e. The summed E-state index contributed by atoms with van der Waals surface area (Å²) >= 11 is 1.85. The Balaban J connectivity index is 1.30. The Morgan fingerprint density at radius 3 is 2.57 bits per heavy atom. The Labute approximate surface area is 171 Å². The second-order valence-electron chi connectivity index (χ2n) is 7.47. The molecule has 1 aliphatic rings. The zero-order valence-electron chi connectivity index (χ0n) is 16.5. The fraction of sp³-hybridized carbons (Fsp3) is 0.435. The van der Waals surface area contributed by atoms with Crippen molar-refractivity contribution >= 4 is 17.7 Å². The number of nitrogens with one attached hydrogen (secondary N) is 1. The summed E-state index contributed by atoms with van der Waals surface area (Å²) in [5.74, 6) is 2.00. The third kappa shape index (κ3) is 6.35. The highest BCUT2D eigenvalue weighted by Crippen LogP contribution is 2.20. The molecule has 1 fully saturated rings. The van der Waals surface area contributed by atoms with Crippen molar-refractivity contribution < 1.29 is 9.18 Å². The van der Waals surface area contributed by atoms with E-state index in [0.717, 1.165) is 43.0 Å². The summed E-state index contributed by atoms with van der Waals surface area (Å²) in [6, 6.07) is 15.5. The van der Waals surface area contributed by atoms with Crippen molar-refractivity contribution in [3.05, 3.63) is 71.0 Å². The Kier molecular flexibility index (Phi) is 7.92. The normalized spacial score (nSPS) is 15.5. The summed E-state index contributed by atoms with van der Waals surface area (Å²) in [6.07, 6.45) is 1.69. The van der Waals surface area contributed by atoms with E-state index < -0.39 is 0 Å². The topological polar surface area (TPSA) is 32.3 Å². The molecule has 2 aromatic carbocycles. The van der Waals surface area contributed by atoms with Gasteiger partial charge >= 0.3 is 0 Å². The average Bonchev–Trinajstić information content (AvgIpc) is 2.71. The van der Waals surface area contributed by atoms with E-state index in [1.54, 1.807) is 6.07 Å². The van der Waals surface area contributed by atoms with E-state index in [-0.39, 0.29) is 17.6 Å². The first-order valence-electron chi connectivity index (χ1n) is 9.98. The molecule has 0 saturated carbocycles. The van der Waals surface area contributed by atoms with Gasteiger partial charge < -0.3 is 5.32 Å². The molecular weight excluding hydrogens is 371 g/mol. The molecule has 3 rings (SSSR count). The van der Waals surface area contributed by atoms with E-state index in [9.17, 15) is 9.18 Å². The molecule has 150 valence electrons. The monoisotopic (exact) mass is 400 g/mol. The number of amides is 1. The minimum absolute atomic E-state index is 0.0824. The van der Waals surface area contributed by atoms with Crippen LogP contribution in [0.4, 0.5) is 4.39 Å². The van der Waals surface area contributed by atoms with Crippen LogP contribution in [-0.2, 0) is 17.1 Å². The lowest BCUT2D eigenvalue weighted by atomic mass is 9.95. The van der Waals surface area contributed by atoms with E-state index in [2.05, 4.69) is 41.4 Å². The maximum absolute atomic E-state index is 13.8. The second kappa shape index (κ2) is 10.6. The first kappa shape index (κ1) is 20.9. The number of hydrogen-bond acceptors (Lipinski definition) is 3. The van der Waals surface area contributed by atoms with Crippen LogP contribution in [0.3, 0.4) is 0 Å². The predicted octanol–water partition coefficient (Wildman–Crippen LogP) is 4.40. The molecule has 0 radical (unpaired) electrons. The lowest BCUT2D eigenvalue weighted by Crippen LogP contribution is -2.40. The van der Waals surface area contributed by atoms with Gasteiger partial charge in [-0.1, -0.05) is 48.0 Å². The van der Waals surface area contributed by atoms with Crippen molar-refractivity contribution in [1.29, 1.82) is 0 Å². The Bertz CT molecular complexity index is 757. The second-order valence-corrected chi connectivity index (χ2v) is 8.58. The van der Waals surface area contributed by atoms with Crippen LogP contribution >= 0.6 is 11.8 Å². The first-order chi connectivity index (χ1) is 13.6. The lowest BCUT2D eigenvalue weighted by Gasteiger charge is -2.31. The van der Waals surface area contributed by atoms with E-state index in [4.69, 9.17) is 0 Å². The van der Waals surface area contributed by atoms with Gasteiger partial charge in [-0.05, 0) is 44.5 Å². The molecule has 28 heavy (non-hydrogen) atoms. The van der Waals surface area contributed by atoms with Gasteiger partial charge in [0.25, 0.3) is 0 Å². The zero-order chi connectivity index (χ0) is 19.8. The number of aryl methyl sites for hydroxylation is 1. The highest BCUT2D eigenvalue weighted by Gasteiger charge is 2.25. The third-order valence-electron chi connectivity index (χ3n) is 5.25. The van der Waals surface area contributed by atoms with Crippen molar-refractivity contribution in [2.24, 2.45) is 5.92 Å². The van der Waals surface area contributed by atoms with Crippen LogP contribution in [0.15, 0.2) is 48.5 Å². The SMILES string of the molecule is Cc1ccc(CSCCNC(=O)C2CCN(Cc3ccccc3F)CC2)cc1. The van der Waals surface area contributed by atoms with Crippen molar-refractivity contribution in [1.82, 2.24) is 10.2 Å². The van der Waals surface area contributed by atoms with Gasteiger partial charge in [-0.25, -0.2) is 4.39 Å². The standard InChI is InChI=1S/C23H29FN2OS/c1-18-6-8-19(9-7-18)17-28-15-12-25-23(27)20-10-13-26(14-11-20)16-21-4-2-3-5-22(21)24/h2-9,20H,10-17H2,1H3,(H,25,27). The number of likely N-dealkylation sites (tertiary alicyclic amines) is 1. The molecule has 2 aromatic rings. The van der Waals surface area contributed by atoms with E-state index in [1.165, 1.54) is 17.2 Å². The lowest BCUT2D eigenvalue weighted by molar-refractivity contribution is -0.126. The summed E-state index contributed by atoms with van der Waals surface area (Å²) in [5, 5.41) is 3.08. The number of carbonyl (C=O) groups excluding carboxylic acids is 1. The number of halogens is 1. The fourth-order valence-electron chi connectivity index (χ4n) is 3.49. The van der Waals surface area contributed by atoms with Gasteiger partial charge in [-0.3, -0.25) is 9.69 Å². The molecule has 1 N–H and O–H groups in total. The van der Waals surface area contributed by atoms with Gasteiger partial charge in [0, 0.05) is 36.1 Å². The first-order valence-corrected chi connectivity index (χ1v) is 11.1. The van der Waals surface area contributed by atoms with Crippen molar-refractivity contribution in [2.45, 2.75) is 32.1 Å². The highest BCUT2D eigenvalue weighted by atomic mass is 32.2. The van der Waals surface area contributed by atoms with Crippen molar-refractivity contribution in [2.75, 3.05) is 25.4 Å². The Morgan fingerprint density at radius 2 is 1.86 bits per heavy atom. The zero-order valence-corrected chi connectivity index (χ0v) is 17.3. The van der Waals surface area contributed by atoms with Crippen LogP contribution in [0.5, 0.6) is 0 Å². The van der Waals surface area contributed by atoms with Crippen LogP contribution in [0.25, 0.3) is 0 Å². The molecule has 0 atom stereocenters. The van der Waals surface area contributed by atoms with E-state index >= 15 is 0 Å². The number of thioether (sulfide) groups is 1. The molecule has 0 unspecified atom stereocenters. The largest absolute Gasteiger partial charge is 0.355 e. The fourth-order valence-corrected chi connectivity index (χ4v) is 4.30. The van der Waals surface area contributed by atoms with Crippen molar-refractivity contribution in [3.63, 3.8) is 0 Å². The number of carbonyl (C=O) groups is 1. The molecule has 0 bridgehead atoms. The molecule has 3 nitrogen and oxygen atoms in total. The van der Waals surface area contributed by atoms with E-state index in [1.807, 2.05) is 23.9 Å². The van der Waals surface area contributed by atoms with Gasteiger partial charge in [0.1, 0.15) is 5.82 Å².